The summed E-state index contributed by atoms with van der Waals surface area (Å²) >= 11 is 0. The van der Waals surface area contributed by atoms with Gasteiger partial charge in [0.2, 0.25) is 0 Å². The fourth-order valence-corrected chi connectivity index (χ4v) is 17.6. The molecule has 124 heavy (non-hydrogen) atoms. The SMILES string of the molecule is c1ccc(-c2nc(-c3ccc(-c4ccc5c(c4)oc4ccccc45)cc3)cc(-c3cccc(-c4nn5c(-c6ccccc6)cc6ccccc6c5c4-c4ccccc4)c3)n2)cc1.c1ccc(-c2nc(-c3cccc(-c4ccc5c(c4)oc4ccccc45)c3)cc(-c3cccc(-c4nn5c(-c6ccccc6)cc6ccccc6c5c4-c4ccccc4)c3)n2)cc1. The van der Waals surface area contributed by atoms with Gasteiger partial charge in [0.05, 0.1) is 45.2 Å². The molecule has 0 aliphatic heterocycles. The Morgan fingerprint density at radius 2 is 0.468 bits per heavy atom. The summed E-state index contributed by atoms with van der Waals surface area (Å²) in [5.74, 6) is 1.33. The summed E-state index contributed by atoms with van der Waals surface area (Å²) < 4.78 is 16.8. The Morgan fingerprint density at radius 3 is 0.887 bits per heavy atom. The number of rotatable bonds is 14. The van der Waals surface area contributed by atoms with Gasteiger partial charge in [-0.25, -0.2) is 29.0 Å². The van der Waals surface area contributed by atoms with E-state index in [1.807, 2.05) is 60.7 Å². The molecule has 16 aromatic carbocycles. The third-order valence-electron chi connectivity index (χ3n) is 23.7. The fourth-order valence-electron chi connectivity index (χ4n) is 17.6. The maximum absolute atomic E-state index is 6.27. The minimum Gasteiger partial charge on any atom is -0.456 e. The molecule has 10 heteroatoms. The molecule has 0 amide bonds. The van der Waals surface area contributed by atoms with Crippen molar-refractivity contribution in [3.63, 3.8) is 0 Å². The van der Waals surface area contributed by atoms with E-state index < -0.39 is 0 Å². The summed E-state index contributed by atoms with van der Waals surface area (Å²) in [6, 6.07) is 152. The zero-order valence-corrected chi connectivity index (χ0v) is 67.0. The highest BCUT2D eigenvalue weighted by Gasteiger charge is 2.26. The molecule has 0 spiro atoms. The van der Waals surface area contributed by atoms with E-state index in [0.717, 1.165) is 217 Å². The third-order valence-corrected chi connectivity index (χ3v) is 23.7. The van der Waals surface area contributed by atoms with Crippen LogP contribution in [0.3, 0.4) is 0 Å². The quantitative estimate of drug-likeness (QED) is 0.106. The van der Waals surface area contributed by atoms with E-state index in [0.29, 0.717) is 11.6 Å². The molecule has 0 aliphatic rings. The van der Waals surface area contributed by atoms with Crippen LogP contribution in [0.25, 0.3) is 234 Å². The van der Waals surface area contributed by atoms with Gasteiger partial charge in [0.25, 0.3) is 0 Å². The van der Waals surface area contributed by atoms with Gasteiger partial charge in [-0.1, -0.05) is 358 Å². The van der Waals surface area contributed by atoms with Crippen molar-refractivity contribution in [1.29, 1.82) is 0 Å². The average Bonchev–Trinajstić information content (AvgIpc) is 1.56. The number of para-hydroxylation sites is 2. The fraction of sp³-hybridized carbons (Fsp3) is 0. The molecule has 0 unspecified atom stereocenters. The zero-order valence-electron chi connectivity index (χ0n) is 67.0. The predicted molar refractivity (Wildman–Crippen MR) is 507 cm³/mol. The van der Waals surface area contributed by atoms with Crippen LogP contribution in [0.15, 0.2) is 446 Å². The van der Waals surface area contributed by atoms with Crippen LogP contribution in [-0.2, 0) is 0 Å². The molecule has 24 rings (SSSR count). The summed E-state index contributed by atoms with van der Waals surface area (Å²) in [5, 5.41) is 20.1. The van der Waals surface area contributed by atoms with Gasteiger partial charge in [0, 0.05) is 99.1 Å². The molecule has 0 radical (unpaired) electrons. The lowest BCUT2D eigenvalue weighted by Crippen LogP contribution is -1.96. The minimum atomic E-state index is 0.661. The van der Waals surface area contributed by atoms with Gasteiger partial charge in [-0.05, 0) is 123 Å². The Bertz CT molecular complexity index is 8210. The molecule has 8 heterocycles. The second-order valence-electron chi connectivity index (χ2n) is 31.3. The molecule has 0 atom stereocenters. The van der Waals surface area contributed by atoms with Gasteiger partial charge in [0.1, 0.15) is 33.7 Å². The van der Waals surface area contributed by atoms with Crippen LogP contribution in [0.4, 0.5) is 0 Å². The van der Waals surface area contributed by atoms with E-state index >= 15 is 0 Å². The van der Waals surface area contributed by atoms with Crippen molar-refractivity contribution >= 4 is 76.5 Å². The second kappa shape index (κ2) is 30.8. The number of furan rings is 2. The molecule has 0 bridgehead atoms. The van der Waals surface area contributed by atoms with Gasteiger partial charge in [-0.2, -0.15) is 10.2 Å². The van der Waals surface area contributed by atoms with Gasteiger partial charge in [-0.15, -0.1) is 0 Å². The summed E-state index contributed by atoms with van der Waals surface area (Å²) in [7, 11) is 0. The molecule has 8 aromatic heterocycles. The normalized spacial score (nSPS) is 11.5. The van der Waals surface area contributed by atoms with Gasteiger partial charge >= 0.3 is 0 Å². The highest BCUT2D eigenvalue weighted by atomic mass is 16.3. The number of fused-ring (bicyclic) bond motifs is 12. The predicted octanol–water partition coefficient (Wildman–Crippen LogP) is 29.7. The molecule has 0 saturated carbocycles. The van der Waals surface area contributed by atoms with Crippen LogP contribution >= 0.6 is 0 Å². The van der Waals surface area contributed by atoms with Crippen LogP contribution in [0, 0.1) is 0 Å². The Kier molecular flexibility index (Phi) is 18.0. The van der Waals surface area contributed by atoms with Crippen LogP contribution in [-0.4, -0.2) is 39.2 Å². The molecule has 580 valence electrons. The van der Waals surface area contributed by atoms with Crippen molar-refractivity contribution in [2.75, 3.05) is 0 Å². The zero-order chi connectivity index (χ0) is 82.0. The maximum atomic E-state index is 6.27. The van der Waals surface area contributed by atoms with Crippen LogP contribution in [0.1, 0.15) is 0 Å². The van der Waals surface area contributed by atoms with Gasteiger partial charge in [0.15, 0.2) is 11.6 Å². The summed E-state index contributed by atoms with van der Waals surface area (Å²) in [6.07, 6.45) is 0. The molecule has 0 aliphatic carbocycles. The number of benzene rings is 16. The van der Waals surface area contributed by atoms with E-state index in [1.165, 1.54) is 5.39 Å². The van der Waals surface area contributed by atoms with Crippen molar-refractivity contribution in [1.82, 2.24) is 39.2 Å². The summed E-state index contributed by atoms with van der Waals surface area (Å²) in [4.78, 5) is 20.8. The van der Waals surface area contributed by atoms with Crippen molar-refractivity contribution in [2.45, 2.75) is 0 Å². The largest absolute Gasteiger partial charge is 0.456 e. The molecule has 24 aromatic rings. The lowest BCUT2D eigenvalue weighted by Gasteiger charge is -2.12. The number of hydrogen-bond acceptors (Lipinski definition) is 8. The maximum Gasteiger partial charge on any atom is 0.160 e. The first-order valence-electron chi connectivity index (χ1n) is 41.7. The third kappa shape index (κ3) is 13.3. The molecule has 0 fully saturated rings. The van der Waals surface area contributed by atoms with Crippen LogP contribution in [0.2, 0.25) is 0 Å². The van der Waals surface area contributed by atoms with E-state index in [-0.39, 0.29) is 0 Å². The van der Waals surface area contributed by atoms with Crippen molar-refractivity contribution < 1.29 is 8.83 Å². The topological polar surface area (TPSA) is 112 Å². The lowest BCUT2D eigenvalue weighted by atomic mass is 9.95. The average molecular weight is 1590 g/mol. The van der Waals surface area contributed by atoms with Gasteiger partial charge in [-0.3, -0.25) is 0 Å². The van der Waals surface area contributed by atoms with E-state index in [1.54, 1.807) is 0 Å². The number of pyridine rings is 2. The number of hydrogen-bond donors (Lipinski definition) is 0. The minimum absolute atomic E-state index is 0.661. The molecular weight excluding hydrogens is 1510 g/mol. The van der Waals surface area contributed by atoms with Crippen molar-refractivity contribution in [3.8, 4) is 157 Å². The van der Waals surface area contributed by atoms with Crippen molar-refractivity contribution in [3.05, 3.63) is 437 Å². The Labute approximate surface area is 713 Å². The van der Waals surface area contributed by atoms with Crippen LogP contribution < -0.4 is 0 Å². The smallest absolute Gasteiger partial charge is 0.160 e. The molecule has 0 N–H and O–H groups in total. The molecule has 0 saturated heterocycles. The van der Waals surface area contributed by atoms with Crippen LogP contribution in [0.5, 0.6) is 0 Å². The summed E-state index contributed by atoms with van der Waals surface area (Å²) in [6.45, 7) is 0. The van der Waals surface area contributed by atoms with Gasteiger partial charge < -0.3 is 8.83 Å². The highest BCUT2D eigenvalue weighted by molar-refractivity contribution is 6.12. The first-order valence-corrected chi connectivity index (χ1v) is 41.7. The standard InChI is InChI=1S/2C57H36N4O/c1-4-16-37(17-5-1)51-34-42-22-10-11-27-46(42)56-54(38-18-6-2-7-19-38)55(60-61(51)56)45-26-15-25-44(33-45)50-36-49(58-57(59-50)39-20-8-3-9-21-39)43-24-14-23-40(32-43)41-30-31-48-47-28-12-13-29-52(47)62-53(48)35-41;1-4-15-39(16-5-1)51-34-43-21-10-11-24-46(43)56-54(40-17-6-2-7-18-40)55(60-61(51)56)45-23-14-22-44(33-45)50-36-49(58-57(59-50)41-19-8-3-9-20-41)38-29-27-37(28-30-38)42-31-32-48-47-25-12-13-26-52(47)62-53(48)35-42/h2*1-36H. The number of nitrogens with zero attached hydrogens (tertiary/aromatic N) is 8. The Morgan fingerprint density at radius 1 is 0.177 bits per heavy atom. The molecular formula is C114H72N8O2. The monoisotopic (exact) mass is 1580 g/mol. The number of aromatic nitrogens is 8. The van der Waals surface area contributed by atoms with Crippen molar-refractivity contribution in [2.24, 2.45) is 0 Å². The highest BCUT2D eigenvalue weighted by Crippen LogP contribution is 2.46. The molecule has 10 nitrogen and oxygen atoms in total. The Balaban J connectivity index is 0.000000143. The first kappa shape index (κ1) is 72.4. The van der Waals surface area contributed by atoms with E-state index in [9.17, 15) is 0 Å². The second-order valence-corrected chi connectivity index (χ2v) is 31.3. The lowest BCUT2D eigenvalue weighted by molar-refractivity contribution is 0.668. The van der Waals surface area contributed by atoms with E-state index in [2.05, 4.69) is 385 Å². The Hall–Kier alpha value is -16.8. The summed E-state index contributed by atoms with van der Waals surface area (Å²) in [5.41, 5.74) is 31.7. The van der Waals surface area contributed by atoms with E-state index in [4.69, 9.17) is 39.0 Å². The first-order chi connectivity index (χ1) is 61.4.